The molecule has 1 atom stereocenters. The van der Waals surface area contributed by atoms with Crippen LogP contribution >= 0.6 is 12.2 Å². The fourth-order valence-corrected chi connectivity index (χ4v) is 3.45. The molecule has 1 unspecified atom stereocenters. The number of hydrogen-bond donors (Lipinski definition) is 1. The van der Waals surface area contributed by atoms with Crippen molar-refractivity contribution >= 4 is 17.3 Å². The lowest BCUT2D eigenvalue weighted by molar-refractivity contribution is 0.282. The molecule has 0 aromatic heterocycles. The third-order valence-corrected chi connectivity index (χ3v) is 4.25. The Bertz CT molecular complexity index is 261. The average molecular weight is 255 g/mol. The molecule has 0 bridgehead atoms. The summed E-state index contributed by atoms with van der Waals surface area (Å²) in [7, 11) is 4.29. The molecule has 0 spiro atoms. The van der Waals surface area contributed by atoms with E-state index in [1.807, 2.05) is 0 Å². The number of hydrogen-bond acceptors (Lipinski definition) is 2. The number of likely N-dealkylation sites (N-methyl/N-ethyl adjacent to an activating group) is 1. The minimum absolute atomic E-state index is 0.617. The van der Waals surface area contributed by atoms with Gasteiger partial charge in [0.05, 0.1) is 0 Å². The van der Waals surface area contributed by atoms with E-state index in [0.29, 0.717) is 12.1 Å². The third-order valence-electron chi connectivity index (χ3n) is 3.90. The fourth-order valence-electron chi connectivity index (χ4n) is 3.04. The summed E-state index contributed by atoms with van der Waals surface area (Å²) in [5.41, 5.74) is 0. The molecule has 1 saturated heterocycles. The maximum atomic E-state index is 5.58. The molecule has 4 heteroatoms. The maximum Gasteiger partial charge on any atom is 0.169 e. The van der Waals surface area contributed by atoms with Gasteiger partial charge in [-0.15, -0.1) is 0 Å². The third kappa shape index (κ3) is 3.55. The van der Waals surface area contributed by atoms with Crippen molar-refractivity contribution in [2.24, 2.45) is 0 Å². The van der Waals surface area contributed by atoms with Crippen LogP contribution in [-0.4, -0.2) is 54.2 Å². The Morgan fingerprint density at radius 3 is 2.59 bits per heavy atom. The smallest absolute Gasteiger partial charge is 0.169 e. The molecule has 0 radical (unpaired) electrons. The first-order valence-corrected chi connectivity index (χ1v) is 7.29. The van der Waals surface area contributed by atoms with Gasteiger partial charge in [0, 0.05) is 25.2 Å². The zero-order chi connectivity index (χ0) is 12.3. The molecule has 1 N–H and O–H groups in total. The number of nitrogens with zero attached hydrogens (tertiary/aromatic N) is 2. The molecule has 17 heavy (non-hydrogen) atoms. The standard InChI is InChI=1S/C13H25N3S/c1-15(2)10-12-8-5-9-16(12)13(17)14-11-6-3-4-7-11/h11-12H,3-10H2,1-2H3,(H,14,17). The summed E-state index contributed by atoms with van der Waals surface area (Å²) in [6.07, 6.45) is 7.89. The maximum absolute atomic E-state index is 5.58. The average Bonchev–Trinajstić information content (AvgIpc) is 2.87. The lowest BCUT2D eigenvalue weighted by Gasteiger charge is -2.31. The van der Waals surface area contributed by atoms with Crippen LogP contribution in [0.15, 0.2) is 0 Å². The first-order chi connectivity index (χ1) is 8.16. The lowest BCUT2D eigenvalue weighted by atomic mass is 10.2. The van der Waals surface area contributed by atoms with Crippen molar-refractivity contribution in [2.75, 3.05) is 27.2 Å². The molecule has 0 amide bonds. The molecule has 2 rings (SSSR count). The first kappa shape index (κ1) is 13.1. The largest absolute Gasteiger partial charge is 0.360 e. The van der Waals surface area contributed by atoms with Crippen molar-refractivity contribution in [1.29, 1.82) is 0 Å². The molecule has 1 saturated carbocycles. The van der Waals surface area contributed by atoms with Crippen LogP contribution in [0.25, 0.3) is 0 Å². The van der Waals surface area contributed by atoms with Crippen molar-refractivity contribution < 1.29 is 0 Å². The van der Waals surface area contributed by atoms with E-state index in [1.165, 1.54) is 38.5 Å². The van der Waals surface area contributed by atoms with Gasteiger partial charge >= 0.3 is 0 Å². The van der Waals surface area contributed by atoms with E-state index in [4.69, 9.17) is 12.2 Å². The van der Waals surface area contributed by atoms with Crippen LogP contribution in [-0.2, 0) is 0 Å². The summed E-state index contributed by atoms with van der Waals surface area (Å²) in [6, 6.07) is 1.26. The van der Waals surface area contributed by atoms with Gasteiger partial charge in [0.15, 0.2) is 5.11 Å². The number of nitrogens with one attached hydrogen (secondary N) is 1. The van der Waals surface area contributed by atoms with Crippen LogP contribution in [0.2, 0.25) is 0 Å². The summed E-state index contributed by atoms with van der Waals surface area (Å²) >= 11 is 5.58. The quantitative estimate of drug-likeness (QED) is 0.775. The summed E-state index contributed by atoms with van der Waals surface area (Å²) < 4.78 is 0. The summed E-state index contributed by atoms with van der Waals surface area (Å²) in [4.78, 5) is 4.68. The van der Waals surface area contributed by atoms with Gasteiger partial charge in [-0.05, 0) is 52.0 Å². The minimum atomic E-state index is 0.617. The highest BCUT2D eigenvalue weighted by Crippen LogP contribution is 2.21. The molecule has 1 aliphatic heterocycles. The van der Waals surface area contributed by atoms with Gasteiger partial charge in [-0.2, -0.15) is 0 Å². The van der Waals surface area contributed by atoms with Crippen molar-refractivity contribution in [1.82, 2.24) is 15.1 Å². The van der Waals surface area contributed by atoms with E-state index in [9.17, 15) is 0 Å². The normalized spacial score (nSPS) is 25.8. The lowest BCUT2D eigenvalue weighted by Crippen LogP contribution is -2.48. The van der Waals surface area contributed by atoms with Gasteiger partial charge in [-0.25, -0.2) is 0 Å². The molecule has 0 aromatic carbocycles. The molecule has 98 valence electrons. The van der Waals surface area contributed by atoms with E-state index < -0.39 is 0 Å². The summed E-state index contributed by atoms with van der Waals surface area (Å²) in [5.74, 6) is 0. The number of thiocarbonyl (C=S) groups is 1. The highest BCUT2D eigenvalue weighted by Gasteiger charge is 2.28. The minimum Gasteiger partial charge on any atom is -0.360 e. The molecule has 0 aromatic rings. The Balaban J connectivity index is 1.84. The molecular weight excluding hydrogens is 230 g/mol. The predicted molar refractivity (Wildman–Crippen MR) is 76.3 cm³/mol. The first-order valence-electron chi connectivity index (χ1n) is 6.88. The van der Waals surface area contributed by atoms with Crippen molar-refractivity contribution in [3.63, 3.8) is 0 Å². The Morgan fingerprint density at radius 1 is 1.24 bits per heavy atom. The predicted octanol–water partition coefficient (Wildman–Crippen LogP) is 1.83. The van der Waals surface area contributed by atoms with Gasteiger partial charge in [0.2, 0.25) is 0 Å². The molecule has 1 heterocycles. The second kappa shape index (κ2) is 6.01. The van der Waals surface area contributed by atoms with Gasteiger partial charge < -0.3 is 15.1 Å². The highest BCUT2D eigenvalue weighted by atomic mass is 32.1. The van der Waals surface area contributed by atoms with Gasteiger partial charge in [0.25, 0.3) is 0 Å². The molecular formula is C13H25N3S. The molecule has 3 nitrogen and oxygen atoms in total. The molecule has 1 aliphatic carbocycles. The monoisotopic (exact) mass is 255 g/mol. The van der Waals surface area contributed by atoms with Crippen molar-refractivity contribution in [3.8, 4) is 0 Å². The van der Waals surface area contributed by atoms with Crippen LogP contribution in [0.3, 0.4) is 0 Å². The van der Waals surface area contributed by atoms with E-state index in [2.05, 4.69) is 29.2 Å². The second-order valence-corrected chi connectivity index (χ2v) is 6.07. The Morgan fingerprint density at radius 2 is 1.94 bits per heavy atom. The topological polar surface area (TPSA) is 18.5 Å². The molecule has 2 aliphatic rings. The van der Waals surface area contributed by atoms with Crippen LogP contribution in [0.1, 0.15) is 38.5 Å². The van der Waals surface area contributed by atoms with Crippen molar-refractivity contribution in [2.45, 2.75) is 50.6 Å². The fraction of sp³-hybridized carbons (Fsp3) is 0.923. The van der Waals surface area contributed by atoms with Crippen LogP contribution in [0.5, 0.6) is 0 Å². The highest BCUT2D eigenvalue weighted by molar-refractivity contribution is 7.80. The Hall–Kier alpha value is -0.350. The summed E-state index contributed by atoms with van der Waals surface area (Å²) in [6.45, 7) is 2.25. The Labute approximate surface area is 111 Å². The van der Waals surface area contributed by atoms with E-state index >= 15 is 0 Å². The van der Waals surface area contributed by atoms with Gasteiger partial charge in [-0.3, -0.25) is 0 Å². The van der Waals surface area contributed by atoms with E-state index in [-0.39, 0.29) is 0 Å². The van der Waals surface area contributed by atoms with Gasteiger partial charge in [0.1, 0.15) is 0 Å². The van der Waals surface area contributed by atoms with Crippen molar-refractivity contribution in [3.05, 3.63) is 0 Å². The SMILES string of the molecule is CN(C)CC1CCCN1C(=S)NC1CCCC1. The van der Waals surface area contributed by atoms with Crippen LogP contribution in [0.4, 0.5) is 0 Å². The Kier molecular flexibility index (Phi) is 4.62. The zero-order valence-electron chi connectivity index (χ0n) is 11.1. The zero-order valence-corrected chi connectivity index (χ0v) is 11.9. The molecule has 2 fully saturated rings. The van der Waals surface area contributed by atoms with Crippen LogP contribution in [0, 0.1) is 0 Å². The number of likely N-dealkylation sites (tertiary alicyclic amines) is 1. The van der Waals surface area contributed by atoms with Crippen LogP contribution < -0.4 is 5.32 Å². The van der Waals surface area contributed by atoms with E-state index in [1.54, 1.807) is 0 Å². The number of rotatable bonds is 3. The summed E-state index contributed by atoms with van der Waals surface area (Å²) in [5, 5.41) is 4.56. The van der Waals surface area contributed by atoms with E-state index in [0.717, 1.165) is 18.2 Å². The van der Waals surface area contributed by atoms with Gasteiger partial charge in [-0.1, -0.05) is 12.8 Å². The second-order valence-electron chi connectivity index (χ2n) is 5.68.